The Kier molecular flexibility index (Phi) is 5.30. The van der Waals surface area contributed by atoms with Gasteiger partial charge in [-0.15, -0.1) is 0 Å². The van der Waals surface area contributed by atoms with Gasteiger partial charge in [0, 0.05) is 24.7 Å². The first-order valence-corrected chi connectivity index (χ1v) is 9.79. The largest absolute Gasteiger partial charge is 0.355 e. The molecule has 1 saturated heterocycles. The van der Waals surface area contributed by atoms with Crippen molar-refractivity contribution in [3.8, 4) is 0 Å². The molecule has 0 radical (unpaired) electrons. The number of imidazole rings is 1. The quantitative estimate of drug-likeness (QED) is 0.705. The van der Waals surface area contributed by atoms with Gasteiger partial charge in [-0.3, -0.25) is 4.79 Å². The molecule has 0 spiro atoms. The van der Waals surface area contributed by atoms with Crippen LogP contribution in [-0.4, -0.2) is 35.5 Å². The van der Waals surface area contributed by atoms with Crippen LogP contribution in [0.2, 0.25) is 5.02 Å². The van der Waals surface area contributed by atoms with Gasteiger partial charge in [-0.2, -0.15) is 0 Å². The number of hydrogen-bond donors (Lipinski definition) is 2. The highest BCUT2D eigenvalue weighted by Crippen LogP contribution is 2.23. The van der Waals surface area contributed by atoms with E-state index in [1.807, 2.05) is 48.5 Å². The molecule has 3 aromatic rings. The fourth-order valence-corrected chi connectivity index (χ4v) is 3.87. The molecular weight excluding hydrogens is 360 g/mol. The second kappa shape index (κ2) is 8.01. The van der Waals surface area contributed by atoms with Crippen molar-refractivity contribution in [3.63, 3.8) is 0 Å². The first-order valence-electron chi connectivity index (χ1n) is 9.41. The molecule has 140 valence electrons. The van der Waals surface area contributed by atoms with Gasteiger partial charge in [-0.25, -0.2) is 4.98 Å². The Bertz CT molecular complexity index is 906. The van der Waals surface area contributed by atoms with Crippen molar-refractivity contribution in [2.45, 2.75) is 19.3 Å². The normalized spacial score (nSPS) is 17.2. The molecule has 1 unspecified atom stereocenters. The highest BCUT2D eigenvalue weighted by atomic mass is 35.5. The molecule has 0 bridgehead atoms. The van der Waals surface area contributed by atoms with Crippen LogP contribution in [0.5, 0.6) is 0 Å². The number of piperidine rings is 1. The minimum absolute atomic E-state index is 0.0155. The Labute approximate surface area is 163 Å². The monoisotopic (exact) mass is 382 g/mol. The van der Waals surface area contributed by atoms with Gasteiger partial charge in [0.1, 0.15) is 0 Å². The van der Waals surface area contributed by atoms with Gasteiger partial charge in [-0.05, 0) is 43.0 Å². The lowest BCUT2D eigenvalue weighted by atomic mass is 9.97. The molecule has 0 saturated carbocycles. The SMILES string of the molecule is O=C(NCCc1ccccc1Cl)C1CCCN(c2nc3ccccc3[nH]2)C1. The van der Waals surface area contributed by atoms with Gasteiger partial charge in [0.25, 0.3) is 0 Å². The van der Waals surface area contributed by atoms with Crippen molar-refractivity contribution in [3.05, 3.63) is 59.1 Å². The number of nitrogens with one attached hydrogen (secondary N) is 2. The minimum atomic E-state index is -0.0155. The number of amides is 1. The molecule has 1 aromatic heterocycles. The number of hydrogen-bond acceptors (Lipinski definition) is 3. The van der Waals surface area contributed by atoms with E-state index in [9.17, 15) is 4.79 Å². The molecule has 5 nitrogen and oxygen atoms in total. The fourth-order valence-electron chi connectivity index (χ4n) is 3.64. The maximum absolute atomic E-state index is 12.6. The molecule has 4 rings (SSSR count). The Morgan fingerprint density at radius 1 is 1.22 bits per heavy atom. The summed E-state index contributed by atoms with van der Waals surface area (Å²) >= 11 is 6.18. The number of aromatic amines is 1. The Morgan fingerprint density at radius 3 is 2.89 bits per heavy atom. The Hall–Kier alpha value is -2.53. The Balaban J connectivity index is 1.34. The van der Waals surface area contributed by atoms with Crippen molar-refractivity contribution in [2.75, 3.05) is 24.5 Å². The fraction of sp³-hybridized carbons (Fsp3) is 0.333. The number of para-hydroxylation sites is 2. The van der Waals surface area contributed by atoms with Crippen LogP contribution in [0.4, 0.5) is 5.95 Å². The maximum Gasteiger partial charge on any atom is 0.224 e. The molecule has 1 amide bonds. The van der Waals surface area contributed by atoms with Crippen LogP contribution in [0.25, 0.3) is 11.0 Å². The second-order valence-corrected chi connectivity index (χ2v) is 7.40. The summed E-state index contributed by atoms with van der Waals surface area (Å²) in [4.78, 5) is 22.8. The number of nitrogens with zero attached hydrogens (tertiary/aromatic N) is 2. The minimum Gasteiger partial charge on any atom is -0.355 e. The van der Waals surface area contributed by atoms with Gasteiger partial charge < -0.3 is 15.2 Å². The van der Waals surface area contributed by atoms with Gasteiger partial charge in [0.2, 0.25) is 11.9 Å². The number of rotatable bonds is 5. The van der Waals surface area contributed by atoms with Gasteiger partial charge >= 0.3 is 0 Å². The summed E-state index contributed by atoms with van der Waals surface area (Å²) in [5.41, 5.74) is 3.05. The summed E-state index contributed by atoms with van der Waals surface area (Å²) in [7, 11) is 0. The number of benzene rings is 2. The lowest BCUT2D eigenvalue weighted by molar-refractivity contribution is -0.125. The lowest BCUT2D eigenvalue weighted by Gasteiger charge is -2.31. The maximum atomic E-state index is 12.6. The van der Waals surface area contributed by atoms with Crippen LogP contribution in [0, 0.1) is 5.92 Å². The van der Waals surface area contributed by atoms with Crippen LogP contribution in [-0.2, 0) is 11.2 Å². The number of H-pyrrole nitrogens is 1. The topological polar surface area (TPSA) is 61.0 Å². The number of carbonyl (C=O) groups excluding carboxylic acids is 1. The van der Waals surface area contributed by atoms with E-state index in [0.717, 1.165) is 53.4 Å². The van der Waals surface area contributed by atoms with Crippen molar-refractivity contribution in [2.24, 2.45) is 5.92 Å². The van der Waals surface area contributed by atoms with E-state index in [-0.39, 0.29) is 11.8 Å². The first-order chi connectivity index (χ1) is 13.2. The molecule has 1 aliphatic heterocycles. The average molecular weight is 383 g/mol. The summed E-state index contributed by atoms with van der Waals surface area (Å²) in [6.45, 7) is 2.21. The molecule has 1 atom stereocenters. The van der Waals surface area contributed by atoms with E-state index < -0.39 is 0 Å². The molecule has 6 heteroatoms. The van der Waals surface area contributed by atoms with Gasteiger partial charge in [0.15, 0.2) is 0 Å². The van der Waals surface area contributed by atoms with Crippen LogP contribution in [0.3, 0.4) is 0 Å². The smallest absolute Gasteiger partial charge is 0.224 e. The number of carbonyl (C=O) groups is 1. The molecule has 27 heavy (non-hydrogen) atoms. The van der Waals surface area contributed by atoms with Gasteiger partial charge in [0.05, 0.1) is 17.0 Å². The number of anilines is 1. The van der Waals surface area contributed by atoms with E-state index in [1.165, 1.54) is 0 Å². The Morgan fingerprint density at radius 2 is 2.04 bits per heavy atom. The molecule has 2 aromatic carbocycles. The highest BCUT2D eigenvalue weighted by molar-refractivity contribution is 6.31. The molecule has 1 fully saturated rings. The standard InChI is InChI=1S/C21H23ClN4O/c22-17-8-2-1-6-15(17)11-12-23-20(27)16-7-5-13-26(14-16)21-24-18-9-3-4-10-19(18)25-21/h1-4,6,8-10,16H,5,7,11-14H2,(H,23,27)(H,24,25). The van der Waals surface area contributed by atoms with Crippen molar-refractivity contribution < 1.29 is 4.79 Å². The van der Waals surface area contributed by atoms with Crippen molar-refractivity contribution >= 4 is 34.5 Å². The van der Waals surface area contributed by atoms with E-state index in [4.69, 9.17) is 11.6 Å². The van der Waals surface area contributed by atoms with Crippen LogP contribution in [0.1, 0.15) is 18.4 Å². The molecule has 0 aliphatic carbocycles. The number of fused-ring (bicyclic) bond motifs is 1. The van der Waals surface area contributed by atoms with E-state index >= 15 is 0 Å². The second-order valence-electron chi connectivity index (χ2n) is 7.00. The first kappa shape index (κ1) is 17.9. The summed E-state index contributed by atoms with van der Waals surface area (Å²) in [5.74, 6) is 0.950. The van der Waals surface area contributed by atoms with E-state index in [0.29, 0.717) is 13.1 Å². The molecule has 2 heterocycles. The van der Waals surface area contributed by atoms with Crippen LogP contribution >= 0.6 is 11.6 Å². The highest BCUT2D eigenvalue weighted by Gasteiger charge is 2.27. The van der Waals surface area contributed by atoms with Crippen molar-refractivity contribution in [1.29, 1.82) is 0 Å². The third-order valence-corrected chi connectivity index (χ3v) is 5.49. The van der Waals surface area contributed by atoms with Gasteiger partial charge in [-0.1, -0.05) is 41.9 Å². The third-order valence-electron chi connectivity index (χ3n) is 5.12. The molecular formula is C21H23ClN4O. The predicted molar refractivity (Wildman–Crippen MR) is 109 cm³/mol. The van der Waals surface area contributed by atoms with E-state index in [1.54, 1.807) is 0 Å². The summed E-state index contributed by atoms with van der Waals surface area (Å²) < 4.78 is 0. The number of halogens is 1. The molecule has 1 aliphatic rings. The lowest BCUT2D eigenvalue weighted by Crippen LogP contribution is -2.43. The summed E-state index contributed by atoms with van der Waals surface area (Å²) in [5, 5.41) is 3.82. The van der Waals surface area contributed by atoms with Crippen LogP contribution in [0.15, 0.2) is 48.5 Å². The van der Waals surface area contributed by atoms with Crippen molar-refractivity contribution in [1.82, 2.24) is 15.3 Å². The van der Waals surface area contributed by atoms with E-state index in [2.05, 4.69) is 20.2 Å². The number of aromatic nitrogens is 2. The zero-order valence-corrected chi connectivity index (χ0v) is 15.9. The summed E-state index contributed by atoms with van der Waals surface area (Å²) in [6, 6.07) is 15.8. The predicted octanol–water partition coefficient (Wildman–Crippen LogP) is 3.79. The zero-order valence-electron chi connectivity index (χ0n) is 15.1. The summed E-state index contributed by atoms with van der Waals surface area (Å²) in [6.07, 6.45) is 2.64. The zero-order chi connectivity index (χ0) is 18.6. The van der Waals surface area contributed by atoms with Crippen LogP contribution < -0.4 is 10.2 Å². The average Bonchev–Trinajstić information content (AvgIpc) is 3.14. The third kappa shape index (κ3) is 4.08. The molecule has 2 N–H and O–H groups in total.